The van der Waals surface area contributed by atoms with Gasteiger partial charge in [0, 0.05) is 4.88 Å². The number of carboxylic acid groups (broad SMARTS) is 1. The van der Waals surface area contributed by atoms with E-state index in [1.54, 1.807) is 0 Å². The first-order chi connectivity index (χ1) is 10.1. The number of hydrogen-bond donors (Lipinski definition) is 2. The topological polar surface area (TPSA) is 62.2 Å². The van der Waals surface area contributed by atoms with Crippen LogP contribution in [0.3, 0.4) is 0 Å². The fourth-order valence-corrected chi connectivity index (χ4v) is 3.51. The number of benzene rings is 1. The van der Waals surface area contributed by atoms with E-state index in [1.807, 2.05) is 0 Å². The number of thiazole rings is 1. The fraction of sp³-hybridized carbons (Fsp3) is 0.286. The van der Waals surface area contributed by atoms with Gasteiger partial charge in [0.15, 0.2) is 16.8 Å². The average molecular weight is 310 g/mol. The second-order valence-corrected chi connectivity index (χ2v) is 5.92. The van der Waals surface area contributed by atoms with Gasteiger partial charge in [0.05, 0.1) is 11.4 Å². The maximum atomic E-state index is 13.6. The van der Waals surface area contributed by atoms with E-state index in [0.29, 0.717) is 17.2 Å². The third kappa shape index (κ3) is 2.61. The van der Waals surface area contributed by atoms with Crippen LogP contribution in [0.5, 0.6) is 0 Å². The summed E-state index contributed by atoms with van der Waals surface area (Å²) in [4.78, 5) is 16.4. The Morgan fingerprint density at radius 1 is 1.43 bits per heavy atom. The molecule has 1 aromatic carbocycles. The summed E-state index contributed by atoms with van der Waals surface area (Å²) in [5, 5.41) is 12.3. The van der Waals surface area contributed by atoms with Gasteiger partial charge in [0.1, 0.15) is 5.92 Å². The summed E-state index contributed by atoms with van der Waals surface area (Å²) < 4.78 is 26.8. The molecule has 1 aliphatic carbocycles. The molecule has 7 heteroatoms. The van der Waals surface area contributed by atoms with Crippen LogP contribution in [0, 0.1) is 11.6 Å². The van der Waals surface area contributed by atoms with Crippen molar-refractivity contribution in [1.82, 2.24) is 4.98 Å². The Hall–Kier alpha value is -2.02. The smallest absolute Gasteiger partial charge is 0.312 e. The molecule has 2 aromatic rings. The van der Waals surface area contributed by atoms with Crippen LogP contribution in [0.25, 0.3) is 0 Å². The van der Waals surface area contributed by atoms with Gasteiger partial charge < -0.3 is 10.4 Å². The van der Waals surface area contributed by atoms with E-state index in [2.05, 4.69) is 10.3 Å². The highest BCUT2D eigenvalue weighted by Gasteiger charge is 2.30. The van der Waals surface area contributed by atoms with E-state index in [0.717, 1.165) is 23.8 Å². The third-order valence-electron chi connectivity index (χ3n) is 3.45. The molecule has 110 valence electrons. The van der Waals surface area contributed by atoms with E-state index < -0.39 is 23.5 Å². The largest absolute Gasteiger partial charge is 0.481 e. The molecule has 1 heterocycles. The van der Waals surface area contributed by atoms with Crippen LogP contribution >= 0.6 is 11.3 Å². The van der Waals surface area contributed by atoms with Crippen molar-refractivity contribution in [3.8, 4) is 0 Å². The van der Waals surface area contributed by atoms with Gasteiger partial charge in [-0.25, -0.2) is 13.8 Å². The zero-order valence-corrected chi connectivity index (χ0v) is 11.7. The van der Waals surface area contributed by atoms with Gasteiger partial charge in [0.2, 0.25) is 0 Å². The first-order valence-electron chi connectivity index (χ1n) is 6.49. The lowest BCUT2D eigenvalue weighted by molar-refractivity contribution is -0.139. The van der Waals surface area contributed by atoms with Crippen LogP contribution < -0.4 is 5.32 Å². The Morgan fingerprint density at radius 3 is 3.00 bits per heavy atom. The van der Waals surface area contributed by atoms with Crippen molar-refractivity contribution in [3.63, 3.8) is 0 Å². The number of carboxylic acids is 1. The predicted octanol–water partition coefficient (Wildman–Crippen LogP) is 3.67. The van der Waals surface area contributed by atoms with Gasteiger partial charge in [-0.15, -0.1) is 11.3 Å². The molecule has 0 fully saturated rings. The molecule has 0 saturated heterocycles. The SMILES string of the molecule is O=C(O)C1CCCc2sc(Nc3cccc(F)c3F)nc21. The van der Waals surface area contributed by atoms with Crippen molar-refractivity contribution in [3.05, 3.63) is 40.4 Å². The standard InChI is InChI=1S/C14H12F2N2O2S/c15-8-4-2-5-9(11(8)16)17-14-18-12-7(13(19)20)3-1-6-10(12)21-14/h2,4-5,7H,1,3,6H2,(H,17,18)(H,19,20). The van der Waals surface area contributed by atoms with Crippen LogP contribution in [0.1, 0.15) is 29.3 Å². The molecule has 21 heavy (non-hydrogen) atoms. The van der Waals surface area contributed by atoms with Gasteiger partial charge in [0.25, 0.3) is 0 Å². The quantitative estimate of drug-likeness (QED) is 0.908. The molecule has 0 amide bonds. The minimum Gasteiger partial charge on any atom is -0.481 e. The number of fused-ring (bicyclic) bond motifs is 1. The number of aromatic nitrogens is 1. The van der Waals surface area contributed by atoms with Gasteiger partial charge >= 0.3 is 5.97 Å². The molecular weight excluding hydrogens is 298 g/mol. The van der Waals surface area contributed by atoms with E-state index >= 15 is 0 Å². The van der Waals surface area contributed by atoms with Crippen LogP contribution in [-0.2, 0) is 11.2 Å². The maximum absolute atomic E-state index is 13.6. The van der Waals surface area contributed by atoms with Gasteiger partial charge in [-0.2, -0.15) is 0 Å². The lowest BCUT2D eigenvalue weighted by atomic mass is 9.91. The minimum absolute atomic E-state index is 0.00651. The van der Waals surface area contributed by atoms with Crippen molar-refractivity contribution < 1.29 is 18.7 Å². The highest BCUT2D eigenvalue weighted by atomic mass is 32.1. The molecule has 4 nitrogen and oxygen atoms in total. The summed E-state index contributed by atoms with van der Waals surface area (Å²) in [6.07, 6.45) is 2.11. The average Bonchev–Trinajstić information content (AvgIpc) is 2.85. The Bertz CT molecular complexity index is 702. The number of aryl methyl sites for hydroxylation is 1. The monoisotopic (exact) mass is 310 g/mol. The summed E-state index contributed by atoms with van der Waals surface area (Å²) >= 11 is 1.29. The zero-order chi connectivity index (χ0) is 15.0. The highest BCUT2D eigenvalue weighted by Crippen LogP contribution is 2.37. The van der Waals surface area contributed by atoms with Gasteiger partial charge in [-0.1, -0.05) is 6.07 Å². The zero-order valence-electron chi connectivity index (χ0n) is 10.9. The number of anilines is 2. The van der Waals surface area contributed by atoms with E-state index in [1.165, 1.54) is 23.5 Å². The number of nitrogens with zero attached hydrogens (tertiary/aromatic N) is 1. The molecule has 1 unspecified atom stereocenters. The van der Waals surface area contributed by atoms with Crippen molar-refractivity contribution in [2.24, 2.45) is 0 Å². The molecule has 1 atom stereocenters. The van der Waals surface area contributed by atoms with Crippen molar-refractivity contribution in [2.45, 2.75) is 25.2 Å². The summed E-state index contributed by atoms with van der Waals surface area (Å²) in [6, 6.07) is 3.84. The number of nitrogens with one attached hydrogen (secondary N) is 1. The molecule has 0 saturated carbocycles. The Kier molecular flexibility index (Phi) is 3.59. The first-order valence-corrected chi connectivity index (χ1v) is 7.31. The molecule has 0 bridgehead atoms. The Morgan fingerprint density at radius 2 is 2.24 bits per heavy atom. The minimum atomic E-state index is -0.972. The lowest BCUT2D eigenvalue weighted by Crippen LogP contribution is -2.17. The number of aliphatic carboxylic acids is 1. The maximum Gasteiger partial charge on any atom is 0.312 e. The summed E-state index contributed by atoms with van der Waals surface area (Å²) in [5.41, 5.74) is 0.533. The second-order valence-electron chi connectivity index (χ2n) is 4.84. The van der Waals surface area contributed by atoms with Crippen LogP contribution in [0.4, 0.5) is 19.6 Å². The number of hydrogen-bond acceptors (Lipinski definition) is 4. The molecule has 3 rings (SSSR count). The molecule has 1 aliphatic rings. The van der Waals surface area contributed by atoms with Crippen LogP contribution in [-0.4, -0.2) is 16.1 Å². The molecular formula is C14H12F2N2O2S. The fourth-order valence-electron chi connectivity index (χ4n) is 2.43. The normalized spacial score (nSPS) is 17.3. The summed E-state index contributed by atoms with van der Waals surface area (Å²) in [5.74, 6) is -3.42. The van der Waals surface area contributed by atoms with Crippen molar-refractivity contribution >= 4 is 28.1 Å². The number of rotatable bonds is 3. The number of carbonyl (C=O) groups is 1. The van der Waals surface area contributed by atoms with Crippen molar-refractivity contribution in [2.75, 3.05) is 5.32 Å². The number of halogens is 2. The van der Waals surface area contributed by atoms with Gasteiger partial charge in [-0.05, 0) is 31.4 Å². The second kappa shape index (κ2) is 5.40. The van der Waals surface area contributed by atoms with E-state index in [-0.39, 0.29) is 5.69 Å². The van der Waals surface area contributed by atoms with Crippen LogP contribution in [0.15, 0.2) is 18.2 Å². The van der Waals surface area contributed by atoms with E-state index in [9.17, 15) is 18.7 Å². The predicted molar refractivity (Wildman–Crippen MR) is 75.1 cm³/mol. The summed E-state index contributed by atoms with van der Waals surface area (Å²) in [6.45, 7) is 0. The van der Waals surface area contributed by atoms with Crippen molar-refractivity contribution in [1.29, 1.82) is 0 Å². The van der Waals surface area contributed by atoms with Crippen LogP contribution in [0.2, 0.25) is 0 Å². The lowest BCUT2D eigenvalue weighted by Gasteiger charge is -2.16. The third-order valence-corrected chi connectivity index (χ3v) is 4.49. The Labute approximate surface area is 123 Å². The molecule has 2 N–H and O–H groups in total. The summed E-state index contributed by atoms with van der Waals surface area (Å²) in [7, 11) is 0. The molecule has 0 spiro atoms. The molecule has 0 radical (unpaired) electrons. The molecule has 0 aliphatic heterocycles. The van der Waals surface area contributed by atoms with E-state index in [4.69, 9.17) is 0 Å². The van der Waals surface area contributed by atoms with Gasteiger partial charge in [-0.3, -0.25) is 4.79 Å². The first kappa shape index (κ1) is 13.9. The highest BCUT2D eigenvalue weighted by molar-refractivity contribution is 7.15. The Balaban J connectivity index is 1.91. The molecule has 1 aromatic heterocycles.